The molecule has 2 heterocycles. The second-order valence-corrected chi connectivity index (χ2v) is 13.0. The largest absolute Gasteiger partial charge is 0.490 e. The summed E-state index contributed by atoms with van der Waals surface area (Å²) >= 11 is 0. The number of pyridine rings is 1. The van der Waals surface area contributed by atoms with Crippen LogP contribution < -0.4 is 16.0 Å². The number of nitrogens with one attached hydrogen (secondary N) is 3. The van der Waals surface area contributed by atoms with Gasteiger partial charge in [-0.05, 0) is 99.3 Å². The van der Waals surface area contributed by atoms with Gasteiger partial charge in [-0.2, -0.15) is 22.5 Å². The van der Waals surface area contributed by atoms with Crippen molar-refractivity contribution >= 4 is 39.1 Å². The standard InChI is InChI=1S/C30H34FN7O2S.C2HF3O2/c1-21(28-5-3-4-19-32-28)34-23-10-14-26(15-11-23)38(2)41(39,40)27-16-12-25(13-17-27)36-30-33-20-18-29(37-30)35-24-8-6-22(31)7-9-24;3-2(4,5)1(6)7/h3-9,12-13,16-21,23,26,34H,10-11,14-15H2,1-2H3,(H2,33,35,36,37);(H,6,7). The topological polar surface area (TPSA) is 149 Å². The maximum Gasteiger partial charge on any atom is 0.490 e. The molecule has 4 N–H and O–H groups in total. The minimum Gasteiger partial charge on any atom is -0.475 e. The predicted molar refractivity (Wildman–Crippen MR) is 172 cm³/mol. The summed E-state index contributed by atoms with van der Waals surface area (Å²) in [6.45, 7) is 2.11. The molecule has 5 rings (SSSR count). The van der Waals surface area contributed by atoms with E-state index in [1.165, 1.54) is 16.4 Å². The van der Waals surface area contributed by atoms with Gasteiger partial charge in [0.25, 0.3) is 0 Å². The Kier molecular flexibility index (Phi) is 12.0. The number of carboxylic acid groups (broad SMARTS) is 1. The van der Waals surface area contributed by atoms with E-state index in [2.05, 4.69) is 37.8 Å². The molecule has 16 heteroatoms. The van der Waals surface area contributed by atoms with Crippen molar-refractivity contribution in [1.29, 1.82) is 0 Å². The van der Waals surface area contributed by atoms with Crippen molar-refractivity contribution in [1.82, 2.24) is 24.6 Å². The Hall–Kier alpha value is -4.67. The minimum atomic E-state index is -5.08. The first kappa shape index (κ1) is 36.2. The highest BCUT2D eigenvalue weighted by molar-refractivity contribution is 7.89. The second kappa shape index (κ2) is 16.0. The number of aromatic nitrogens is 3. The lowest BCUT2D eigenvalue weighted by Crippen LogP contribution is -2.43. The molecule has 1 aliphatic rings. The first-order chi connectivity index (χ1) is 22.7. The van der Waals surface area contributed by atoms with Gasteiger partial charge in [0.2, 0.25) is 16.0 Å². The van der Waals surface area contributed by atoms with Crippen LogP contribution in [0.5, 0.6) is 0 Å². The molecule has 1 atom stereocenters. The van der Waals surface area contributed by atoms with E-state index in [1.807, 2.05) is 18.2 Å². The number of rotatable bonds is 10. The van der Waals surface area contributed by atoms with Crippen LogP contribution in [0.15, 0.2) is 90.1 Å². The smallest absolute Gasteiger partial charge is 0.475 e. The van der Waals surface area contributed by atoms with Gasteiger partial charge in [-0.15, -0.1) is 0 Å². The van der Waals surface area contributed by atoms with Crippen molar-refractivity contribution in [3.8, 4) is 0 Å². The highest BCUT2D eigenvalue weighted by Crippen LogP contribution is 2.29. The Morgan fingerprint density at radius 3 is 2.08 bits per heavy atom. The Balaban J connectivity index is 0.000000671. The molecule has 1 saturated carbocycles. The van der Waals surface area contributed by atoms with E-state index in [4.69, 9.17) is 9.90 Å². The third-order valence-corrected chi connectivity index (χ3v) is 9.55. The Labute approximate surface area is 275 Å². The van der Waals surface area contributed by atoms with Crippen LogP contribution in [-0.2, 0) is 14.8 Å². The lowest BCUT2D eigenvalue weighted by molar-refractivity contribution is -0.192. The monoisotopic (exact) mass is 689 g/mol. The Morgan fingerprint density at radius 2 is 1.50 bits per heavy atom. The molecule has 0 radical (unpaired) electrons. The van der Waals surface area contributed by atoms with Gasteiger partial charge in [0.1, 0.15) is 11.6 Å². The van der Waals surface area contributed by atoms with Crippen LogP contribution in [0.25, 0.3) is 0 Å². The third kappa shape index (κ3) is 10.2. The molecular weight excluding hydrogens is 654 g/mol. The molecule has 0 amide bonds. The first-order valence-electron chi connectivity index (χ1n) is 14.9. The summed E-state index contributed by atoms with van der Waals surface area (Å²) in [6.07, 6.45) is 1.70. The SMILES string of the molecule is CC(NC1CCC(N(C)S(=O)(=O)c2ccc(Nc3nccc(Nc4ccc(F)cc4)n3)cc2)CC1)c1ccccn1.O=C(O)C(F)(F)F. The fourth-order valence-electron chi connectivity index (χ4n) is 5.05. The summed E-state index contributed by atoms with van der Waals surface area (Å²) in [5, 5.41) is 17.0. The van der Waals surface area contributed by atoms with Crippen LogP contribution in [0.2, 0.25) is 0 Å². The number of halogens is 4. The van der Waals surface area contributed by atoms with Gasteiger partial charge in [-0.3, -0.25) is 4.98 Å². The summed E-state index contributed by atoms with van der Waals surface area (Å²) < 4.78 is 73.2. The maximum atomic E-state index is 13.4. The zero-order valence-electron chi connectivity index (χ0n) is 26.0. The lowest BCUT2D eigenvalue weighted by atomic mass is 9.90. The number of nitrogens with zero attached hydrogens (tertiary/aromatic N) is 4. The molecule has 2 aromatic carbocycles. The number of hydrogen-bond acceptors (Lipinski definition) is 9. The predicted octanol–water partition coefficient (Wildman–Crippen LogP) is 6.41. The zero-order chi connectivity index (χ0) is 34.9. The molecule has 0 bridgehead atoms. The molecule has 0 saturated heterocycles. The van der Waals surface area contributed by atoms with Gasteiger partial charge in [-0.25, -0.2) is 22.6 Å². The third-order valence-electron chi connectivity index (χ3n) is 7.63. The molecule has 0 spiro atoms. The molecule has 11 nitrogen and oxygen atoms in total. The summed E-state index contributed by atoms with van der Waals surface area (Å²) in [6, 6.07) is 20.6. The Morgan fingerprint density at radius 1 is 0.896 bits per heavy atom. The molecule has 1 aliphatic carbocycles. The van der Waals surface area contributed by atoms with Crippen LogP contribution in [0.4, 0.5) is 40.7 Å². The fourth-order valence-corrected chi connectivity index (χ4v) is 6.46. The van der Waals surface area contributed by atoms with Gasteiger partial charge >= 0.3 is 12.1 Å². The molecule has 1 fully saturated rings. The summed E-state index contributed by atoms with van der Waals surface area (Å²) in [4.78, 5) is 22.2. The Bertz CT molecular complexity index is 1740. The average molecular weight is 690 g/mol. The number of sulfonamides is 1. The highest BCUT2D eigenvalue weighted by Gasteiger charge is 2.38. The number of carboxylic acids is 1. The van der Waals surface area contributed by atoms with E-state index in [9.17, 15) is 26.0 Å². The van der Waals surface area contributed by atoms with Crippen LogP contribution >= 0.6 is 0 Å². The maximum absolute atomic E-state index is 13.4. The van der Waals surface area contributed by atoms with E-state index in [1.54, 1.807) is 61.9 Å². The lowest BCUT2D eigenvalue weighted by Gasteiger charge is -2.35. The van der Waals surface area contributed by atoms with Gasteiger partial charge in [0, 0.05) is 48.9 Å². The molecule has 48 heavy (non-hydrogen) atoms. The highest BCUT2D eigenvalue weighted by atomic mass is 32.2. The number of anilines is 4. The van der Waals surface area contributed by atoms with E-state index >= 15 is 0 Å². The van der Waals surface area contributed by atoms with Crippen LogP contribution in [0.3, 0.4) is 0 Å². The van der Waals surface area contributed by atoms with Crippen molar-refractivity contribution in [3.63, 3.8) is 0 Å². The van der Waals surface area contributed by atoms with E-state index < -0.39 is 22.2 Å². The van der Waals surface area contributed by atoms with Crippen molar-refractivity contribution in [3.05, 3.63) is 96.7 Å². The summed E-state index contributed by atoms with van der Waals surface area (Å²) in [5.74, 6) is -2.20. The van der Waals surface area contributed by atoms with Crippen LogP contribution in [0, 0.1) is 5.82 Å². The van der Waals surface area contributed by atoms with Crippen LogP contribution in [0.1, 0.15) is 44.3 Å². The van der Waals surface area contributed by atoms with E-state index in [0.717, 1.165) is 31.4 Å². The number of hydrogen-bond donors (Lipinski definition) is 4. The second-order valence-electron chi connectivity index (χ2n) is 11.0. The molecular formula is C32H35F4N7O4S. The van der Waals surface area contributed by atoms with Crippen molar-refractivity contribution in [2.45, 2.75) is 61.8 Å². The molecule has 0 aliphatic heterocycles. The molecule has 2 aromatic heterocycles. The van der Waals surface area contributed by atoms with Gasteiger partial charge in [0.15, 0.2) is 0 Å². The molecule has 256 valence electrons. The molecule has 1 unspecified atom stereocenters. The van der Waals surface area contributed by atoms with E-state index in [-0.39, 0.29) is 22.8 Å². The first-order valence-corrected chi connectivity index (χ1v) is 16.3. The number of benzene rings is 2. The number of carbonyl (C=O) groups is 1. The fraction of sp³-hybridized carbons (Fsp3) is 0.312. The van der Waals surface area contributed by atoms with Gasteiger partial charge in [0.05, 0.1) is 10.6 Å². The van der Waals surface area contributed by atoms with Crippen molar-refractivity contribution in [2.75, 3.05) is 17.7 Å². The van der Waals surface area contributed by atoms with E-state index in [0.29, 0.717) is 29.2 Å². The quantitative estimate of drug-likeness (QED) is 0.138. The normalized spacial score (nSPS) is 17.1. The average Bonchev–Trinajstić information content (AvgIpc) is 3.06. The number of aliphatic carboxylic acids is 1. The van der Waals surface area contributed by atoms with Crippen molar-refractivity contribution in [2.24, 2.45) is 0 Å². The summed E-state index contributed by atoms with van der Waals surface area (Å²) in [7, 11) is -1.98. The van der Waals surface area contributed by atoms with Gasteiger partial charge in [-0.1, -0.05) is 6.07 Å². The van der Waals surface area contributed by atoms with Crippen LogP contribution in [-0.4, -0.2) is 64.1 Å². The van der Waals surface area contributed by atoms with Gasteiger partial charge < -0.3 is 21.1 Å². The molecule has 4 aromatic rings. The zero-order valence-corrected chi connectivity index (χ0v) is 26.8. The minimum absolute atomic E-state index is 0.0502. The number of alkyl halides is 3. The van der Waals surface area contributed by atoms with Crippen molar-refractivity contribution < 1.29 is 35.9 Å². The summed E-state index contributed by atoms with van der Waals surface area (Å²) in [5.41, 5.74) is 2.35.